The fourth-order valence-electron chi connectivity index (χ4n) is 3.55. The normalized spacial score (nSPS) is 16.5. The van der Waals surface area contributed by atoms with Gasteiger partial charge in [-0.15, -0.1) is 0 Å². The van der Waals surface area contributed by atoms with Crippen molar-refractivity contribution in [3.05, 3.63) is 72.4 Å². The quantitative estimate of drug-likeness (QED) is 0.712. The molecule has 1 aromatic carbocycles. The summed E-state index contributed by atoms with van der Waals surface area (Å²) in [6, 6.07) is 13.3. The van der Waals surface area contributed by atoms with Gasteiger partial charge in [0.05, 0.1) is 23.3 Å². The largest absolute Gasteiger partial charge is 0.368 e. The van der Waals surface area contributed by atoms with Gasteiger partial charge >= 0.3 is 0 Å². The summed E-state index contributed by atoms with van der Waals surface area (Å²) in [5.41, 5.74) is 8.55. The van der Waals surface area contributed by atoms with Gasteiger partial charge in [0.15, 0.2) is 0 Å². The van der Waals surface area contributed by atoms with E-state index in [1.54, 1.807) is 48.8 Å². The van der Waals surface area contributed by atoms with Crippen LogP contribution >= 0.6 is 0 Å². The number of rotatable bonds is 4. The van der Waals surface area contributed by atoms with Crippen molar-refractivity contribution in [2.45, 2.75) is 18.9 Å². The average Bonchev–Trinajstić information content (AvgIpc) is 2.74. The lowest BCUT2D eigenvalue weighted by molar-refractivity contribution is 0.102. The van der Waals surface area contributed by atoms with Gasteiger partial charge in [0.1, 0.15) is 11.5 Å². The number of nitrogens with two attached hydrogens (primary N) is 1. The minimum atomic E-state index is -0.381. The van der Waals surface area contributed by atoms with E-state index in [9.17, 15) is 9.18 Å². The molecule has 0 aliphatic carbocycles. The van der Waals surface area contributed by atoms with E-state index in [2.05, 4.69) is 20.2 Å². The van der Waals surface area contributed by atoms with Crippen LogP contribution < -0.4 is 16.0 Å². The Morgan fingerprint density at radius 3 is 2.86 bits per heavy atom. The number of hydrogen-bond acceptors (Lipinski definition) is 5. The number of amides is 1. The summed E-state index contributed by atoms with van der Waals surface area (Å²) in [6.45, 7) is 1.61. The van der Waals surface area contributed by atoms with Crippen LogP contribution in [0.2, 0.25) is 0 Å². The molecule has 0 spiro atoms. The molecule has 3 aromatic rings. The Morgan fingerprint density at radius 1 is 1.17 bits per heavy atom. The molecule has 29 heavy (non-hydrogen) atoms. The predicted molar refractivity (Wildman–Crippen MR) is 111 cm³/mol. The van der Waals surface area contributed by atoms with Gasteiger partial charge in [-0.05, 0) is 43.2 Å². The van der Waals surface area contributed by atoms with Crippen LogP contribution in [0.3, 0.4) is 0 Å². The molecular weight excluding hydrogens is 369 g/mol. The van der Waals surface area contributed by atoms with Crippen molar-refractivity contribution in [1.82, 2.24) is 9.97 Å². The Bertz CT molecular complexity index is 1030. The zero-order chi connectivity index (χ0) is 20.2. The predicted octanol–water partition coefficient (Wildman–Crippen LogP) is 3.46. The number of carbonyl (C=O) groups excluding carboxylic acids is 1. The maximum atomic E-state index is 14.1. The number of benzene rings is 1. The van der Waals surface area contributed by atoms with E-state index in [0.717, 1.165) is 31.6 Å². The van der Waals surface area contributed by atoms with Crippen LogP contribution in [0.25, 0.3) is 11.3 Å². The molecule has 2 aromatic heterocycles. The number of piperidine rings is 1. The SMILES string of the molecule is NC1CCCN(c2ccncc2NC(=O)c2cccc(-c3ccccc3F)n2)C1. The smallest absolute Gasteiger partial charge is 0.274 e. The van der Waals surface area contributed by atoms with Crippen molar-refractivity contribution in [2.75, 3.05) is 23.3 Å². The lowest BCUT2D eigenvalue weighted by atomic mass is 10.1. The van der Waals surface area contributed by atoms with Crippen molar-refractivity contribution in [2.24, 2.45) is 5.73 Å². The fourth-order valence-corrected chi connectivity index (χ4v) is 3.55. The first kappa shape index (κ1) is 19.0. The zero-order valence-corrected chi connectivity index (χ0v) is 15.9. The van der Waals surface area contributed by atoms with Crippen molar-refractivity contribution in [3.8, 4) is 11.3 Å². The molecule has 0 bridgehead atoms. The maximum absolute atomic E-state index is 14.1. The van der Waals surface area contributed by atoms with Gasteiger partial charge in [-0.1, -0.05) is 18.2 Å². The van der Waals surface area contributed by atoms with Gasteiger partial charge in [-0.25, -0.2) is 9.37 Å². The van der Waals surface area contributed by atoms with Crippen molar-refractivity contribution in [3.63, 3.8) is 0 Å². The molecule has 7 heteroatoms. The second-order valence-electron chi connectivity index (χ2n) is 7.08. The Kier molecular flexibility index (Phi) is 5.48. The molecule has 4 rings (SSSR count). The highest BCUT2D eigenvalue weighted by atomic mass is 19.1. The number of anilines is 2. The first-order valence-corrected chi connectivity index (χ1v) is 9.59. The van der Waals surface area contributed by atoms with Gasteiger partial charge in [0.2, 0.25) is 0 Å². The number of nitrogens with one attached hydrogen (secondary N) is 1. The Balaban J connectivity index is 1.58. The van der Waals surface area contributed by atoms with Crippen LogP contribution in [-0.2, 0) is 0 Å². The van der Waals surface area contributed by atoms with Crippen molar-refractivity contribution >= 4 is 17.3 Å². The summed E-state index contributed by atoms with van der Waals surface area (Å²) in [5.74, 6) is -0.757. The van der Waals surface area contributed by atoms with Gasteiger partial charge in [-0.2, -0.15) is 0 Å². The first-order valence-electron chi connectivity index (χ1n) is 9.59. The van der Waals surface area contributed by atoms with E-state index in [1.807, 2.05) is 6.07 Å². The zero-order valence-electron chi connectivity index (χ0n) is 15.9. The monoisotopic (exact) mass is 391 g/mol. The van der Waals surface area contributed by atoms with E-state index >= 15 is 0 Å². The first-order chi connectivity index (χ1) is 14.1. The summed E-state index contributed by atoms with van der Waals surface area (Å²) >= 11 is 0. The molecular formula is C22H22FN5O. The van der Waals surface area contributed by atoms with Crippen molar-refractivity contribution in [1.29, 1.82) is 0 Å². The standard InChI is InChI=1S/C22H22FN5O/c23-17-7-2-1-6-16(17)18-8-3-9-19(26-18)22(29)27-20-13-25-11-10-21(20)28-12-4-5-15(24)14-28/h1-3,6-11,13,15H,4-5,12,14,24H2,(H,27,29). The molecule has 1 amide bonds. The highest BCUT2D eigenvalue weighted by Gasteiger charge is 2.20. The number of nitrogens with zero attached hydrogens (tertiary/aromatic N) is 3. The van der Waals surface area contributed by atoms with E-state index in [-0.39, 0.29) is 23.5 Å². The molecule has 1 aliphatic heterocycles. The topological polar surface area (TPSA) is 84.1 Å². The van der Waals surface area contributed by atoms with E-state index < -0.39 is 0 Å². The molecule has 6 nitrogen and oxygen atoms in total. The van der Waals surface area contributed by atoms with Crippen molar-refractivity contribution < 1.29 is 9.18 Å². The number of pyridine rings is 2. The number of hydrogen-bond donors (Lipinski definition) is 2. The Hall–Kier alpha value is -3.32. The minimum Gasteiger partial charge on any atom is -0.368 e. The molecule has 0 radical (unpaired) electrons. The minimum absolute atomic E-state index is 0.111. The summed E-state index contributed by atoms with van der Waals surface area (Å²) < 4.78 is 14.1. The molecule has 0 saturated carbocycles. The van der Waals surface area contributed by atoms with Crippen LogP contribution in [-0.4, -0.2) is 35.0 Å². The summed E-state index contributed by atoms with van der Waals surface area (Å²) in [5, 5.41) is 2.89. The second-order valence-corrected chi connectivity index (χ2v) is 7.08. The lowest BCUT2D eigenvalue weighted by Crippen LogP contribution is -2.43. The van der Waals surface area contributed by atoms with E-state index in [4.69, 9.17) is 5.73 Å². The molecule has 3 heterocycles. The maximum Gasteiger partial charge on any atom is 0.274 e. The molecule has 1 saturated heterocycles. The summed E-state index contributed by atoms with van der Waals surface area (Å²) in [7, 11) is 0. The molecule has 1 fully saturated rings. The van der Waals surface area contributed by atoms with Crippen LogP contribution in [0.15, 0.2) is 60.9 Å². The fraction of sp³-hybridized carbons (Fsp3) is 0.227. The third-order valence-electron chi connectivity index (χ3n) is 4.98. The van der Waals surface area contributed by atoms with Crippen LogP contribution in [0.5, 0.6) is 0 Å². The molecule has 3 N–H and O–H groups in total. The molecule has 1 aliphatic rings. The van der Waals surface area contributed by atoms with E-state index in [0.29, 0.717) is 16.9 Å². The molecule has 1 atom stereocenters. The Morgan fingerprint density at radius 2 is 2.03 bits per heavy atom. The van der Waals surface area contributed by atoms with Gasteiger partial charge in [0.25, 0.3) is 5.91 Å². The highest BCUT2D eigenvalue weighted by Crippen LogP contribution is 2.28. The van der Waals surface area contributed by atoms with E-state index in [1.165, 1.54) is 6.07 Å². The summed E-state index contributed by atoms with van der Waals surface area (Å²) in [4.78, 5) is 23.5. The second kappa shape index (κ2) is 8.36. The van der Waals surface area contributed by atoms with Gasteiger partial charge < -0.3 is 16.0 Å². The van der Waals surface area contributed by atoms with Gasteiger partial charge in [-0.3, -0.25) is 9.78 Å². The number of aromatic nitrogens is 2. The highest BCUT2D eigenvalue weighted by molar-refractivity contribution is 6.04. The average molecular weight is 391 g/mol. The molecule has 1 unspecified atom stereocenters. The number of halogens is 1. The lowest BCUT2D eigenvalue weighted by Gasteiger charge is -2.33. The molecule has 148 valence electrons. The third-order valence-corrected chi connectivity index (χ3v) is 4.98. The summed E-state index contributed by atoms with van der Waals surface area (Å²) in [6.07, 6.45) is 5.31. The third kappa shape index (κ3) is 4.25. The van der Waals surface area contributed by atoms with Crippen LogP contribution in [0, 0.1) is 5.82 Å². The van der Waals surface area contributed by atoms with Gasteiger partial charge in [0, 0.05) is 30.9 Å². The van der Waals surface area contributed by atoms with Crippen LogP contribution in [0.4, 0.5) is 15.8 Å². The number of carbonyl (C=O) groups is 1. The Labute approximate surface area is 168 Å². The van der Waals surface area contributed by atoms with Crippen LogP contribution in [0.1, 0.15) is 23.3 Å².